The van der Waals surface area contributed by atoms with Gasteiger partial charge in [0.05, 0.1) is 16.3 Å². The third-order valence-electron chi connectivity index (χ3n) is 7.54. The average molecular weight is 672 g/mol. The first-order chi connectivity index (χ1) is 21.6. The number of halogens is 1. The second-order valence-electron chi connectivity index (χ2n) is 12.1. The van der Waals surface area contributed by atoms with E-state index in [-0.39, 0.29) is 34.5 Å². The first kappa shape index (κ1) is 31.6. The van der Waals surface area contributed by atoms with Crippen molar-refractivity contribution in [2.45, 2.75) is 55.4 Å². The molecule has 0 saturated carbocycles. The predicted molar refractivity (Wildman–Crippen MR) is 165 cm³/mol. The van der Waals surface area contributed by atoms with Gasteiger partial charge in [0.15, 0.2) is 16.4 Å². The average Bonchev–Trinajstić information content (AvgIpc) is 3.33. The lowest BCUT2D eigenvalue weighted by molar-refractivity contribution is -0.159. The van der Waals surface area contributed by atoms with Crippen molar-refractivity contribution in [2.75, 3.05) is 19.0 Å². The van der Waals surface area contributed by atoms with Crippen LogP contribution in [0.2, 0.25) is 0 Å². The first-order valence-electron chi connectivity index (χ1n) is 14.3. The molecule has 1 fully saturated rings. The maximum Gasteiger partial charge on any atom is 0.355 e. The molecule has 6 rings (SSSR count). The number of amides is 2. The molecule has 0 spiro atoms. The Balaban J connectivity index is 1.14. The zero-order valence-corrected chi connectivity index (χ0v) is 26.9. The molecule has 0 radical (unpaired) electrons. The van der Waals surface area contributed by atoms with Crippen LogP contribution in [-0.2, 0) is 44.2 Å². The van der Waals surface area contributed by atoms with E-state index in [4.69, 9.17) is 14.2 Å². The van der Waals surface area contributed by atoms with Crippen molar-refractivity contribution in [1.29, 1.82) is 0 Å². The molecule has 2 unspecified atom stereocenters. The second-order valence-corrected chi connectivity index (χ2v) is 15.1. The van der Waals surface area contributed by atoms with Gasteiger partial charge >= 0.3 is 11.9 Å². The van der Waals surface area contributed by atoms with Crippen LogP contribution in [0.25, 0.3) is 22.2 Å². The van der Waals surface area contributed by atoms with Crippen LogP contribution in [0.3, 0.4) is 0 Å². The molecule has 12 nitrogen and oxygen atoms in total. The Morgan fingerprint density at radius 2 is 1.91 bits per heavy atom. The van der Waals surface area contributed by atoms with Gasteiger partial charge in [-0.25, -0.2) is 17.6 Å². The van der Waals surface area contributed by atoms with Gasteiger partial charge in [0.1, 0.15) is 40.9 Å². The normalized spacial score (nSPS) is 19.8. The number of carbonyl (C=O) groups excluding carboxylic acids is 4. The van der Waals surface area contributed by atoms with Gasteiger partial charge in [0.25, 0.3) is 11.8 Å². The van der Waals surface area contributed by atoms with Crippen molar-refractivity contribution >= 4 is 56.3 Å². The van der Waals surface area contributed by atoms with Crippen molar-refractivity contribution in [3.63, 3.8) is 0 Å². The van der Waals surface area contributed by atoms with E-state index in [1.165, 1.54) is 47.9 Å². The minimum atomic E-state index is -3.81. The molecule has 242 valence electrons. The number of aromatic nitrogens is 1. The highest BCUT2D eigenvalue weighted by molar-refractivity contribution is 8.00. The molecule has 1 saturated heterocycles. The van der Waals surface area contributed by atoms with E-state index in [1.54, 1.807) is 32.9 Å². The van der Waals surface area contributed by atoms with Gasteiger partial charge in [-0.3, -0.25) is 19.3 Å². The summed E-state index contributed by atoms with van der Waals surface area (Å²) < 4.78 is 56.5. The van der Waals surface area contributed by atoms with Crippen molar-refractivity contribution in [3.05, 3.63) is 59.0 Å². The van der Waals surface area contributed by atoms with Crippen LogP contribution >= 0.6 is 11.8 Å². The second kappa shape index (κ2) is 11.5. The van der Waals surface area contributed by atoms with Crippen LogP contribution < -0.4 is 10.1 Å². The molecule has 3 aromatic rings. The molecule has 2 N–H and O–H groups in total. The van der Waals surface area contributed by atoms with Crippen LogP contribution in [0.5, 0.6) is 5.75 Å². The van der Waals surface area contributed by atoms with Crippen molar-refractivity contribution < 1.29 is 46.2 Å². The third-order valence-corrected chi connectivity index (χ3v) is 10.6. The number of ether oxygens (including phenoxy) is 3. The quantitative estimate of drug-likeness (QED) is 0.282. The standard InChI is InChI=1S/C31H30FN3O9S2/c1-15(36)42-11-16-13-45-29-26(28(38)35(29)27(16)30(39)44-31(2,3)4)34-24(37)12-43-18-6-7-19-23(10-18)46(40,41)14-21-20-9-17(32)5-8-22(20)33-25(19)21/h5-10,26,29,33H,11-14H2,1-4H3,(H,34,37). The largest absolute Gasteiger partial charge is 0.484 e. The minimum Gasteiger partial charge on any atom is -0.484 e. The van der Waals surface area contributed by atoms with Crippen LogP contribution in [-0.4, -0.2) is 78.0 Å². The number of sulfone groups is 1. The van der Waals surface area contributed by atoms with E-state index in [0.717, 1.165) is 0 Å². The van der Waals surface area contributed by atoms with Crippen LogP contribution in [0.15, 0.2) is 52.6 Å². The van der Waals surface area contributed by atoms with Gasteiger partial charge < -0.3 is 24.5 Å². The van der Waals surface area contributed by atoms with E-state index in [9.17, 15) is 32.0 Å². The maximum atomic E-state index is 13.9. The number of benzene rings is 2. The van der Waals surface area contributed by atoms with Crippen molar-refractivity contribution in [3.8, 4) is 17.0 Å². The van der Waals surface area contributed by atoms with E-state index in [1.807, 2.05) is 0 Å². The lowest BCUT2D eigenvalue weighted by atomic mass is 10.0. The van der Waals surface area contributed by atoms with Crippen LogP contribution in [0, 0.1) is 5.82 Å². The van der Waals surface area contributed by atoms with Gasteiger partial charge in [-0.15, -0.1) is 11.8 Å². The molecule has 2 aromatic carbocycles. The summed E-state index contributed by atoms with van der Waals surface area (Å²) in [6.45, 7) is 5.60. The summed E-state index contributed by atoms with van der Waals surface area (Å²) in [5.74, 6) is -2.87. The van der Waals surface area contributed by atoms with Gasteiger partial charge in [-0.2, -0.15) is 0 Å². The summed E-state index contributed by atoms with van der Waals surface area (Å²) in [4.78, 5) is 55.0. The van der Waals surface area contributed by atoms with Gasteiger partial charge in [0, 0.05) is 40.3 Å². The summed E-state index contributed by atoms with van der Waals surface area (Å²) in [5.41, 5.74) is 1.64. The molecule has 0 aliphatic carbocycles. The number of aromatic amines is 1. The minimum absolute atomic E-state index is 0.00908. The molecule has 46 heavy (non-hydrogen) atoms. The molecule has 3 aliphatic rings. The van der Waals surface area contributed by atoms with E-state index >= 15 is 0 Å². The Labute approximate surface area is 267 Å². The molecule has 3 aliphatic heterocycles. The first-order valence-corrected chi connectivity index (χ1v) is 17.0. The third kappa shape index (κ3) is 5.84. The van der Waals surface area contributed by atoms with Crippen molar-refractivity contribution in [1.82, 2.24) is 15.2 Å². The summed E-state index contributed by atoms with van der Waals surface area (Å²) in [5, 5.41) is 2.52. The molecule has 1 aromatic heterocycles. The number of H-pyrrole nitrogens is 1. The topological polar surface area (TPSA) is 161 Å². The molecule has 2 atom stereocenters. The zero-order chi connectivity index (χ0) is 33.1. The number of rotatable bonds is 7. The van der Waals surface area contributed by atoms with E-state index < -0.39 is 63.0 Å². The molecule has 15 heteroatoms. The monoisotopic (exact) mass is 671 g/mol. The number of hydrogen-bond acceptors (Lipinski definition) is 10. The lowest BCUT2D eigenvalue weighted by Gasteiger charge is -2.49. The fraction of sp³-hybridized carbons (Fsp3) is 0.355. The predicted octanol–water partition coefficient (Wildman–Crippen LogP) is 3.20. The summed E-state index contributed by atoms with van der Waals surface area (Å²) >= 11 is 1.29. The molecule has 0 bridgehead atoms. The molecular weight excluding hydrogens is 641 g/mol. The van der Waals surface area contributed by atoms with Crippen molar-refractivity contribution in [2.24, 2.45) is 0 Å². The smallest absolute Gasteiger partial charge is 0.355 e. The van der Waals surface area contributed by atoms with E-state index in [0.29, 0.717) is 33.3 Å². The summed E-state index contributed by atoms with van der Waals surface area (Å²) in [6.07, 6.45) is 0. The Kier molecular flexibility index (Phi) is 7.87. The van der Waals surface area contributed by atoms with Gasteiger partial charge in [-0.05, 0) is 57.2 Å². The fourth-order valence-corrected chi connectivity index (χ4v) is 8.55. The maximum absolute atomic E-state index is 13.9. The number of hydrogen-bond donors (Lipinski definition) is 2. The number of thioether (sulfide) groups is 1. The fourth-order valence-electron chi connectivity index (χ4n) is 5.59. The SMILES string of the molecule is CC(=O)OCC1=C(C(=O)OC(C)(C)C)N2C(=O)C(NC(=O)COc3ccc4c(c3)S(=O)(=O)Cc3c-4[nH]c4ccc(F)cc34)C2SC1. The molecular formula is C31H30FN3O9S2. The Hall–Kier alpha value is -4.37. The molecule has 2 amide bonds. The van der Waals surface area contributed by atoms with Gasteiger partial charge in [0.2, 0.25) is 0 Å². The summed E-state index contributed by atoms with van der Waals surface area (Å²) in [6, 6.07) is 7.62. The van der Waals surface area contributed by atoms with Crippen LogP contribution in [0.4, 0.5) is 4.39 Å². The van der Waals surface area contributed by atoms with Crippen LogP contribution in [0.1, 0.15) is 33.3 Å². The Morgan fingerprint density at radius 1 is 1.15 bits per heavy atom. The number of fused-ring (bicyclic) bond motifs is 6. The molecule has 4 heterocycles. The number of nitrogens with zero attached hydrogens (tertiary/aromatic N) is 1. The number of esters is 2. The number of β-lactam (4-membered cyclic amide) rings is 1. The number of nitrogens with one attached hydrogen (secondary N) is 2. The highest BCUT2D eigenvalue weighted by Gasteiger charge is 2.54. The number of carbonyl (C=O) groups is 4. The zero-order valence-electron chi connectivity index (χ0n) is 25.3. The Morgan fingerprint density at radius 3 is 2.63 bits per heavy atom. The van der Waals surface area contributed by atoms with Gasteiger partial charge in [-0.1, -0.05) is 0 Å². The summed E-state index contributed by atoms with van der Waals surface area (Å²) in [7, 11) is -3.81. The highest BCUT2D eigenvalue weighted by Crippen LogP contribution is 2.43. The highest BCUT2D eigenvalue weighted by atomic mass is 32.2. The van der Waals surface area contributed by atoms with E-state index in [2.05, 4.69) is 10.3 Å². The lowest BCUT2D eigenvalue weighted by Crippen LogP contribution is -2.71. The Bertz CT molecular complexity index is 1960.